The second-order valence-corrected chi connectivity index (χ2v) is 11.4. The van der Waals surface area contributed by atoms with Crippen LogP contribution in [0.2, 0.25) is 0 Å². The van der Waals surface area contributed by atoms with Crippen LogP contribution in [-0.4, -0.2) is 75.8 Å². The third kappa shape index (κ3) is 4.97. The molecule has 1 aliphatic heterocycles. The average Bonchev–Trinajstić information content (AvgIpc) is 3.28. The van der Waals surface area contributed by atoms with Crippen LogP contribution in [0.15, 0.2) is 55.1 Å². The molecule has 0 unspecified atom stereocenters. The number of aromatic nitrogens is 4. The van der Waals surface area contributed by atoms with Gasteiger partial charge in [-0.05, 0) is 49.7 Å². The fraction of sp³-hybridized carbons (Fsp3) is 0.308. The monoisotopic (exact) mass is 521 g/mol. The summed E-state index contributed by atoms with van der Waals surface area (Å²) < 4.78 is 31.5. The topological polar surface area (TPSA) is 128 Å². The summed E-state index contributed by atoms with van der Waals surface area (Å²) in [5.74, 6) is 0.169. The number of carbonyl (C=O) groups excluding carboxylic acids is 1. The maximum Gasteiger partial charge on any atom is 0.254 e. The van der Waals surface area contributed by atoms with Crippen LogP contribution in [0.4, 0.5) is 0 Å². The Morgan fingerprint density at radius 1 is 1.05 bits per heavy atom. The van der Waals surface area contributed by atoms with Crippen LogP contribution in [0, 0.1) is 0 Å². The van der Waals surface area contributed by atoms with Crippen molar-refractivity contribution >= 4 is 26.8 Å². The zero-order valence-electron chi connectivity index (χ0n) is 20.7. The zero-order chi connectivity index (χ0) is 26.4. The highest BCUT2D eigenvalue weighted by Gasteiger charge is 2.23. The van der Waals surface area contributed by atoms with E-state index in [0.29, 0.717) is 71.0 Å². The molecule has 1 aliphatic rings. The number of ether oxygens (including phenoxy) is 1. The Balaban J connectivity index is 1.57. The van der Waals surface area contributed by atoms with Crippen LogP contribution in [0.1, 0.15) is 29.8 Å². The molecule has 1 amide bonds. The first kappa shape index (κ1) is 25.0. The molecule has 3 aromatic heterocycles. The summed E-state index contributed by atoms with van der Waals surface area (Å²) in [6, 6.07) is 8.48. The van der Waals surface area contributed by atoms with E-state index in [1.54, 1.807) is 67.7 Å². The molecule has 11 heteroatoms. The number of amides is 1. The van der Waals surface area contributed by atoms with Crippen molar-refractivity contribution in [3.8, 4) is 22.6 Å². The lowest BCUT2D eigenvalue weighted by molar-refractivity contribution is 0.0303. The molecule has 37 heavy (non-hydrogen) atoms. The molecule has 5 rings (SSSR count). The first-order valence-electron chi connectivity index (χ1n) is 11.8. The predicted octanol–water partition coefficient (Wildman–Crippen LogP) is 2.67. The van der Waals surface area contributed by atoms with E-state index < -0.39 is 15.6 Å². The highest BCUT2D eigenvalue weighted by atomic mass is 32.2. The summed E-state index contributed by atoms with van der Waals surface area (Å²) in [5, 5.41) is 10.9. The lowest BCUT2D eigenvalue weighted by Gasteiger charge is -2.26. The molecular weight excluding hydrogens is 494 g/mol. The van der Waals surface area contributed by atoms with Crippen LogP contribution in [0.25, 0.3) is 33.5 Å². The lowest BCUT2D eigenvalue weighted by Crippen LogP contribution is -2.40. The summed E-state index contributed by atoms with van der Waals surface area (Å²) in [6.07, 6.45) is 7.42. The molecule has 4 heterocycles. The number of fused-ring (bicyclic) bond motifs is 1. The summed E-state index contributed by atoms with van der Waals surface area (Å²) in [5.41, 5.74) is 2.29. The van der Waals surface area contributed by atoms with Gasteiger partial charge in [-0.3, -0.25) is 9.78 Å². The van der Waals surface area contributed by atoms with Gasteiger partial charge in [-0.1, -0.05) is 0 Å². The predicted molar refractivity (Wildman–Crippen MR) is 138 cm³/mol. The zero-order valence-corrected chi connectivity index (χ0v) is 21.6. The van der Waals surface area contributed by atoms with Gasteiger partial charge >= 0.3 is 0 Å². The standard InChI is InChI=1S/C26H27N5O5S/c1-26(2,33)19-6-7-27-22(13-19)18-14-28-24(29-15-18)21-16-31(37(3,34)35)23-5-4-17(12-20(21)23)25(32)30-8-10-36-11-9-30/h4-7,12-16,33H,8-11H2,1-3H3. The van der Waals surface area contributed by atoms with E-state index >= 15 is 0 Å². The summed E-state index contributed by atoms with van der Waals surface area (Å²) in [6.45, 7) is 5.36. The minimum Gasteiger partial charge on any atom is -0.386 e. The largest absolute Gasteiger partial charge is 0.386 e. The molecule has 1 aromatic carbocycles. The molecule has 0 saturated carbocycles. The summed E-state index contributed by atoms with van der Waals surface area (Å²) >= 11 is 0. The molecule has 0 aliphatic carbocycles. The average molecular weight is 522 g/mol. The van der Waals surface area contributed by atoms with Gasteiger partial charge in [0.15, 0.2) is 5.82 Å². The molecule has 0 atom stereocenters. The summed E-state index contributed by atoms with van der Waals surface area (Å²) in [7, 11) is -3.62. The molecule has 10 nitrogen and oxygen atoms in total. The Morgan fingerprint density at radius 3 is 2.41 bits per heavy atom. The molecule has 4 aromatic rings. The molecule has 192 valence electrons. The number of hydrogen-bond donors (Lipinski definition) is 1. The summed E-state index contributed by atoms with van der Waals surface area (Å²) in [4.78, 5) is 28.2. The van der Waals surface area contributed by atoms with Crippen LogP contribution < -0.4 is 0 Å². The SMILES string of the molecule is CC(C)(O)c1ccnc(-c2cnc(-c3cn(S(C)(=O)=O)c4ccc(C(=O)N5CCOCC5)cc34)nc2)c1. The van der Waals surface area contributed by atoms with Crippen molar-refractivity contribution in [3.63, 3.8) is 0 Å². The van der Waals surface area contributed by atoms with E-state index in [1.807, 2.05) is 0 Å². The number of nitrogens with zero attached hydrogens (tertiary/aromatic N) is 5. The second-order valence-electron chi connectivity index (χ2n) is 9.52. The van der Waals surface area contributed by atoms with Crippen molar-refractivity contribution in [2.75, 3.05) is 32.6 Å². The van der Waals surface area contributed by atoms with E-state index in [0.717, 1.165) is 6.26 Å². The fourth-order valence-corrected chi connectivity index (χ4v) is 5.12. The molecule has 1 fully saturated rings. The Kier molecular flexibility index (Phi) is 6.30. The third-order valence-electron chi connectivity index (χ3n) is 6.33. The number of carbonyl (C=O) groups is 1. The van der Waals surface area contributed by atoms with Crippen molar-refractivity contribution in [2.24, 2.45) is 0 Å². The van der Waals surface area contributed by atoms with Gasteiger partial charge in [0.05, 0.1) is 36.3 Å². The van der Waals surface area contributed by atoms with Gasteiger partial charge in [0.25, 0.3) is 5.91 Å². The normalized spacial score (nSPS) is 14.8. The molecule has 0 radical (unpaired) electrons. The van der Waals surface area contributed by atoms with Crippen molar-refractivity contribution in [3.05, 3.63) is 66.2 Å². The highest BCUT2D eigenvalue weighted by molar-refractivity contribution is 7.89. The Hall–Kier alpha value is -3.67. The maximum absolute atomic E-state index is 13.1. The van der Waals surface area contributed by atoms with Gasteiger partial charge in [-0.25, -0.2) is 22.4 Å². The van der Waals surface area contributed by atoms with Gasteiger partial charge < -0.3 is 14.7 Å². The van der Waals surface area contributed by atoms with E-state index in [9.17, 15) is 18.3 Å². The minimum atomic E-state index is -3.62. The van der Waals surface area contributed by atoms with Crippen molar-refractivity contribution < 1.29 is 23.1 Å². The Bertz CT molecular complexity index is 1580. The number of aliphatic hydroxyl groups is 1. The van der Waals surface area contributed by atoms with Gasteiger partial charge in [0, 0.05) is 60.0 Å². The minimum absolute atomic E-state index is 0.141. The maximum atomic E-state index is 13.1. The number of hydrogen-bond acceptors (Lipinski definition) is 8. The van der Waals surface area contributed by atoms with Gasteiger partial charge in [0.1, 0.15) is 0 Å². The Labute approximate surface area is 214 Å². The van der Waals surface area contributed by atoms with Crippen molar-refractivity contribution in [1.29, 1.82) is 0 Å². The number of pyridine rings is 1. The molecule has 0 bridgehead atoms. The van der Waals surface area contributed by atoms with Crippen LogP contribution in [-0.2, 0) is 20.4 Å². The second kappa shape index (κ2) is 9.33. The van der Waals surface area contributed by atoms with E-state index in [-0.39, 0.29) is 5.91 Å². The first-order valence-corrected chi connectivity index (χ1v) is 13.6. The van der Waals surface area contributed by atoms with Crippen LogP contribution >= 0.6 is 0 Å². The van der Waals surface area contributed by atoms with E-state index in [1.165, 1.54) is 10.2 Å². The van der Waals surface area contributed by atoms with Crippen molar-refractivity contribution in [2.45, 2.75) is 19.4 Å². The van der Waals surface area contributed by atoms with Crippen molar-refractivity contribution in [1.82, 2.24) is 23.8 Å². The van der Waals surface area contributed by atoms with Gasteiger partial charge in [-0.15, -0.1) is 0 Å². The molecule has 1 saturated heterocycles. The van der Waals surface area contributed by atoms with Crippen LogP contribution in [0.5, 0.6) is 0 Å². The van der Waals surface area contributed by atoms with Gasteiger partial charge in [-0.2, -0.15) is 0 Å². The third-order valence-corrected chi connectivity index (χ3v) is 7.34. The highest BCUT2D eigenvalue weighted by Crippen LogP contribution is 2.32. The smallest absolute Gasteiger partial charge is 0.254 e. The number of morpholine rings is 1. The first-order chi connectivity index (χ1) is 17.5. The van der Waals surface area contributed by atoms with Gasteiger partial charge in [0.2, 0.25) is 10.0 Å². The van der Waals surface area contributed by atoms with Crippen LogP contribution in [0.3, 0.4) is 0 Å². The molecule has 0 spiro atoms. The van der Waals surface area contributed by atoms with E-state index in [4.69, 9.17) is 4.74 Å². The number of benzene rings is 1. The molecule has 1 N–H and O–H groups in total. The quantitative estimate of drug-likeness (QED) is 0.425. The Morgan fingerprint density at radius 2 is 1.76 bits per heavy atom. The molecular formula is C26H27N5O5S. The van der Waals surface area contributed by atoms with E-state index in [2.05, 4.69) is 15.0 Å². The fourth-order valence-electron chi connectivity index (χ4n) is 4.30. The lowest BCUT2D eigenvalue weighted by atomic mass is 9.98. The number of rotatable bonds is 5.